The largest absolute Gasteiger partial charge is 0.383 e. The first-order valence-electron chi connectivity index (χ1n) is 7.88. The molecule has 0 aliphatic carbocycles. The second kappa shape index (κ2) is 6.62. The van der Waals surface area contributed by atoms with E-state index < -0.39 is 0 Å². The van der Waals surface area contributed by atoms with E-state index in [2.05, 4.69) is 26.7 Å². The Bertz CT molecular complexity index is 1010. The molecule has 4 aromatic rings. The van der Waals surface area contributed by atoms with Crippen LogP contribution in [0.5, 0.6) is 0 Å². The van der Waals surface area contributed by atoms with Crippen LogP contribution in [0.4, 0.5) is 5.82 Å². The summed E-state index contributed by atoms with van der Waals surface area (Å²) >= 11 is 1.62. The highest BCUT2D eigenvalue weighted by molar-refractivity contribution is 7.14. The molecule has 7 heteroatoms. The summed E-state index contributed by atoms with van der Waals surface area (Å²) in [7, 11) is 1.71. The van der Waals surface area contributed by atoms with Crippen LogP contribution in [0.1, 0.15) is 0 Å². The molecule has 0 unspecified atom stereocenters. The molecule has 2 N–H and O–H groups in total. The number of hydrogen-bond acceptors (Lipinski definition) is 6. The molecule has 0 fully saturated rings. The van der Waals surface area contributed by atoms with Crippen LogP contribution in [-0.2, 0) is 11.3 Å². The molecule has 0 spiro atoms. The third-order valence-electron chi connectivity index (χ3n) is 3.98. The molecule has 126 valence electrons. The number of nitrogens with zero attached hydrogens (tertiary/aromatic N) is 4. The fourth-order valence-electron chi connectivity index (χ4n) is 2.83. The number of rotatable bonds is 5. The summed E-state index contributed by atoms with van der Waals surface area (Å²) in [5.74, 6) is 1.32. The van der Waals surface area contributed by atoms with E-state index in [1.165, 1.54) is 0 Å². The van der Waals surface area contributed by atoms with Crippen molar-refractivity contribution in [2.75, 3.05) is 19.5 Å². The Morgan fingerprint density at radius 1 is 1.16 bits per heavy atom. The van der Waals surface area contributed by atoms with Crippen LogP contribution in [0.3, 0.4) is 0 Å². The number of nitrogen functional groups attached to an aromatic ring is 1. The van der Waals surface area contributed by atoms with E-state index in [4.69, 9.17) is 15.5 Å². The van der Waals surface area contributed by atoms with Gasteiger partial charge < -0.3 is 15.0 Å². The normalized spacial score (nSPS) is 11.2. The molecule has 0 saturated heterocycles. The van der Waals surface area contributed by atoms with Gasteiger partial charge in [0.2, 0.25) is 0 Å². The first-order valence-corrected chi connectivity index (χ1v) is 8.76. The van der Waals surface area contributed by atoms with E-state index in [9.17, 15) is 0 Å². The second-order valence-corrected chi connectivity index (χ2v) is 6.47. The Morgan fingerprint density at radius 3 is 2.84 bits per heavy atom. The molecular formula is C18H17N5OS. The van der Waals surface area contributed by atoms with Crippen molar-refractivity contribution < 1.29 is 4.74 Å². The third kappa shape index (κ3) is 2.88. The van der Waals surface area contributed by atoms with Gasteiger partial charge in [-0.05, 0) is 23.6 Å². The summed E-state index contributed by atoms with van der Waals surface area (Å²) in [4.78, 5) is 14.5. The quantitative estimate of drug-likeness (QED) is 0.596. The lowest BCUT2D eigenvalue weighted by Crippen LogP contribution is -2.06. The standard InChI is InChI=1S/C18H17N5OS/c1-24-8-7-23-15-5-3-2-4-13(15)22-18(23)12-6-9-25-17(12)14-10-21-16(19)11-20-14/h2-6,9-11H,7-8H2,1H3,(H2,19,21). The smallest absolute Gasteiger partial charge is 0.142 e. The van der Waals surface area contributed by atoms with Gasteiger partial charge in [0.15, 0.2) is 0 Å². The minimum absolute atomic E-state index is 0.411. The molecule has 1 aromatic carbocycles. The summed E-state index contributed by atoms with van der Waals surface area (Å²) in [5.41, 5.74) is 9.55. The monoisotopic (exact) mass is 351 g/mol. The molecular weight excluding hydrogens is 334 g/mol. The number of methoxy groups -OCH3 is 1. The maximum Gasteiger partial charge on any atom is 0.142 e. The summed E-state index contributed by atoms with van der Waals surface area (Å²) in [5, 5.41) is 2.04. The SMILES string of the molecule is COCCn1c(-c2ccsc2-c2cnc(N)cn2)nc2ccccc21. The Morgan fingerprint density at radius 2 is 2.04 bits per heavy atom. The number of imidazole rings is 1. The lowest BCUT2D eigenvalue weighted by molar-refractivity contribution is 0.188. The van der Waals surface area contributed by atoms with Crippen molar-refractivity contribution in [2.24, 2.45) is 0 Å². The number of hydrogen-bond donors (Lipinski definition) is 1. The van der Waals surface area contributed by atoms with Crippen LogP contribution < -0.4 is 5.73 Å². The number of benzene rings is 1. The van der Waals surface area contributed by atoms with Gasteiger partial charge in [-0.2, -0.15) is 0 Å². The molecule has 0 aliphatic rings. The molecule has 0 radical (unpaired) electrons. The van der Waals surface area contributed by atoms with E-state index in [1.54, 1.807) is 30.8 Å². The van der Waals surface area contributed by atoms with Gasteiger partial charge in [0.05, 0.1) is 40.6 Å². The number of para-hydroxylation sites is 2. The molecule has 0 atom stereocenters. The first kappa shape index (κ1) is 15.7. The molecule has 0 bridgehead atoms. The Hall–Kier alpha value is -2.77. The van der Waals surface area contributed by atoms with Gasteiger partial charge in [0.1, 0.15) is 11.6 Å². The predicted octanol–water partition coefficient (Wildman–Crippen LogP) is 3.45. The van der Waals surface area contributed by atoms with Crippen molar-refractivity contribution in [2.45, 2.75) is 6.54 Å². The fourth-order valence-corrected chi connectivity index (χ4v) is 3.68. The summed E-state index contributed by atoms with van der Waals surface area (Å²) in [6.07, 6.45) is 3.28. The van der Waals surface area contributed by atoms with E-state index in [0.29, 0.717) is 12.4 Å². The maximum absolute atomic E-state index is 5.66. The van der Waals surface area contributed by atoms with Crippen molar-refractivity contribution in [3.05, 3.63) is 48.1 Å². The van der Waals surface area contributed by atoms with Gasteiger partial charge in [0, 0.05) is 19.2 Å². The van der Waals surface area contributed by atoms with Crippen molar-refractivity contribution in [3.63, 3.8) is 0 Å². The van der Waals surface area contributed by atoms with E-state index in [0.717, 1.165) is 39.5 Å². The highest BCUT2D eigenvalue weighted by Crippen LogP contribution is 2.36. The zero-order valence-electron chi connectivity index (χ0n) is 13.7. The third-order valence-corrected chi connectivity index (χ3v) is 4.92. The van der Waals surface area contributed by atoms with E-state index >= 15 is 0 Å². The van der Waals surface area contributed by atoms with Gasteiger partial charge >= 0.3 is 0 Å². The maximum atomic E-state index is 5.66. The van der Waals surface area contributed by atoms with Crippen LogP contribution in [0, 0.1) is 0 Å². The van der Waals surface area contributed by atoms with Crippen LogP contribution in [0.15, 0.2) is 48.1 Å². The highest BCUT2D eigenvalue weighted by Gasteiger charge is 2.18. The Kier molecular flexibility index (Phi) is 4.17. The molecule has 25 heavy (non-hydrogen) atoms. The second-order valence-electron chi connectivity index (χ2n) is 5.56. The molecule has 0 saturated carbocycles. The average molecular weight is 351 g/mol. The lowest BCUT2D eigenvalue weighted by atomic mass is 10.2. The summed E-state index contributed by atoms with van der Waals surface area (Å²) < 4.78 is 7.47. The number of nitrogens with two attached hydrogens (primary N) is 1. The molecule has 4 rings (SSSR count). The Balaban J connectivity index is 1.88. The van der Waals surface area contributed by atoms with Crippen molar-refractivity contribution in [3.8, 4) is 22.0 Å². The number of thiophene rings is 1. The number of anilines is 1. The fraction of sp³-hybridized carbons (Fsp3) is 0.167. The first-order chi connectivity index (χ1) is 12.3. The topological polar surface area (TPSA) is 78.9 Å². The van der Waals surface area contributed by atoms with Crippen LogP contribution in [0.2, 0.25) is 0 Å². The predicted molar refractivity (Wildman–Crippen MR) is 100 cm³/mol. The molecule has 3 heterocycles. The van der Waals surface area contributed by atoms with Crippen LogP contribution in [-0.4, -0.2) is 33.2 Å². The van der Waals surface area contributed by atoms with Gasteiger partial charge in [-0.3, -0.25) is 0 Å². The van der Waals surface area contributed by atoms with Gasteiger partial charge in [-0.1, -0.05) is 12.1 Å². The zero-order valence-corrected chi connectivity index (χ0v) is 14.5. The molecule has 0 aliphatic heterocycles. The number of aromatic nitrogens is 4. The minimum atomic E-state index is 0.411. The van der Waals surface area contributed by atoms with E-state index in [-0.39, 0.29) is 0 Å². The molecule has 0 amide bonds. The average Bonchev–Trinajstić information content (AvgIpc) is 3.25. The van der Waals surface area contributed by atoms with Gasteiger partial charge in [0.25, 0.3) is 0 Å². The zero-order chi connectivity index (χ0) is 17.2. The van der Waals surface area contributed by atoms with Gasteiger partial charge in [-0.25, -0.2) is 15.0 Å². The van der Waals surface area contributed by atoms with E-state index in [1.807, 2.05) is 23.6 Å². The van der Waals surface area contributed by atoms with Crippen LogP contribution in [0.25, 0.3) is 33.0 Å². The minimum Gasteiger partial charge on any atom is -0.383 e. The summed E-state index contributed by atoms with van der Waals surface area (Å²) in [6.45, 7) is 1.35. The lowest BCUT2D eigenvalue weighted by Gasteiger charge is -2.09. The Labute approximate surface area is 148 Å². The number of fused-ring (bicyclic) bond motifs is 1. The van der Waals surface area contributed by atoms with Crippen LogP contribution >= 0.6 is 11.3 Å². The highest BCUT2D eigenvalue weighted by atomic mass is 32.1. The summed E-state index contributed by atoms with van der Waals surface area (Å²) in [6, 6.07) is 10.2. The molecule has 6 nitrogen and oxygen atoms in total. The van der Waals surface area contributed by atoms with Crippen molar-refractivity contribution >= 4 is 28.2 Å². The van der Waals surface area contributed by atoms with Crippen molar-refractivity contribution in [1.29, 1.82) is 0 Å². The number of ether oxygens (including phenoxy) is 1. The van der Waals surface area contributed by atoms with Gasteiger partial charge in [-0.15, -0.1) is 11.3 Å². The van der Waals surface area contributed by atoms with Crippen molar-refractivity contribution in [1.82, 2.24) is 19.5 Å². The molecule has 3 aromatic heterocycles.